The average molecular weight is 177 g/mol. The van der Waals surface area contributed by atoms with E-state index in [0.717, 1.165) is 0 Å². The van der Waals surface area contributed by atoms with Crippen LogP contribution in [0.25, 0.3) is 0 Å². The minimum Gasteiger partial charge on any atom is -0.335 e. The summed E-state index contributed by atoms with van der Waals surface area (Å²) in [5.74, 6) is 0. The number of hydrogen-bond donors (Lipinski definition) is 0. The molecule has 0 fully saturated rings. The van der Waals surface area contributed by atoms with Crippen LogP contribution in [0, 0.1) is 6.42 Å². The molecule has 0 aromatic carbocycles. The van der Waals surface area contributed by atoms with Crippen LogP contribution in [0.15, 0.2) is 0 Å². The van der Waals surface area contributed by atoms with Crippen molar-refractivity contribution in [1.29, 1.82) is 0 Å². The molecule has 0 aromatic rings. The number of rotatable bonds is 3. The first kappa shape index (κ1) is 17.0. The summed E-state index contributed by atoms with van der Waals surface area (Å²) in [5, 5.41) is 0. The molecule has 0 rings (SSSR count). The van der Waals surface area contributed by atoms with Crippen molar-refractivity contribution in [3.8, 4) is 0 Å². The molecule has 0 N–H and O–H groups in total. The van der Waals surface area contributed by atoms with Gasteiger partial charge in [-0.05, 0) is 0 Å². The van der Waals surface area contributed by atoms with Gasteiger partial charge in [0.25, 0.3) is 0 Å². The first-order valence-electron chi connectivity index (χ1n) is 4.07. The molecule has 62 valence electrons. The topological polar surface area (TPSA) is 0 Å². The molecule has 0 bridgehead atoms. The summed E-state index contributed by atoms with van der Waals surface area (Å²) < 4.78 is 0. The van der Waals surface area contributed by atoms with Gasteiger partial charge in [-0.15, -0.1) is 0 Å². The third-order valence-corrected chi connectivity index (χ3v) is 0.957. The molecule has 0 aliphatic rings. The van der Waals surface area contributed by atoms with E-state index in [0.29, 0.717) is 0 Å². The Labute approximate surface area is 81.7 Å². The average Bonchev–Trinajstić information content (AvgIpc) is 1.86. The SMILES string of the molecule is CCCCCC.C[CH-]C.[Ti]. The van der Waals surface area contributed by atoms with Gasteiger partial charge >= 0.3 is 0 Å². The van der Waals surface area contributed by atoms with Crippen LogP contribution in [0.2, 0.25) is 0 Å². The Morgan fingerprint density at radius 2 is 1.10 bits per heavy atom. The second-order valence-electron chi connectivity index (χ2n) is 2.28. The molecular weight excluding hydrogens is 156 g/mol. The third-order valence-electron chi connectivity index (χ3n) is 0.957. The van der Waals surface area contributed by atoms with Gasteiger partial charge in [-0.1, -0.05) is 39.5 Å². The fourth-order valence-corrected chi connectivity index (χ4v) is 0.500. The molecule has 0 nitrogen and oxygen atoms in total. The summed E-state index contributed by atoms with van der Waals surface area (Å²) >= 11 is 0. The summed E-state index contributed by atoms with van der Waals surface area (Å²) in [6.45, 7) is 8.46. The third kappa shape index (κ3) is 37.6. The molecule has 0 atom stereocenters. The van der Waals surface area contributed by atoms with Gasteiger partial charge < -0.3 is 6.42 Å². The molecule has 0 aromatic heterocycles. The Morgan fingerprint density at radius 1 is 0.900 bits per heavy atom. The molecule has 0 heterocycles. The quantitative estimate of drug-likeness (QED) is 0.349. The number of unbranched alkanes of at least 4 members (excludes halogenated alkanes) is 3. The Morgan fingerprint density at radius 3 is 1.20 bits per heavy atom. The van der Waals surface area contributed by atoms with Gasteiger partial charge in [0.2, 0.25) is 0 Å². The van der Waals surface area contributed by atoms with Gasteiger partial charge in [0.05, 0.1) is 0 Å². The summed E-state index contributed by atoms with van der Waals surface area (Å²) in [4.78, 5) is 0. The fourth-order valence-electron chi connectivity index (χ4n) is 0.500. The van der Waals surface area contributed by atoms with Crippen molar-refractivity contribution < 1.29 is 21.7 Å². The monoisotopic (exact) mass is 177 g/mol. The van der Waals surface area contributed by atoms with Crippen LogP contribution in [0.3, 0.4) is 0 Å². The van der Waals surface area contributed by atoms with E-state index in [4.69, 9.17) is 0 Å². The van der Waals surface area contributed by atoms with Crippen LogP contribution in [0.5, 0.6) is 0 Å². The summed E-state index contributed by atoms with van der Waals surface area (Å²) in [6.07, 6.45) is 7.54. The second kappa shape index (κ2) is 22.6. The zero-order valence-corrected chi connectivity index (χ0v) is 9.47. The maximum Gasteiger partial charge on any atom is 0 e. The van der Waals surface area contributed by atoms with Crippen molar-refractivity contribution in [3.05, 3.63) is 6.42 Å². The van der Waals surface area contributed by atoms with Crippen LogP contribution in [0.1, 0.15) is 53.4 Å². The van der Waals surface area contributed by atoms with E-state index in [1.807, 2.05) is 20.3 Å². The standard InChI is InChI=1S/C6H14.C3H7.Ti/c1-3-5-6-4-2;1-3-2;/h3-6H2,1-2H3;3H,1-2H3;/q;-1;. The molecule has 0 amide bonds. The molecule has 0 spiro atoms. The second-order valence-corrected chi connectivity index (χ2v) is 2.28. The first-order valence-corrected chi connectivity index (χ1v) is 4.07. The van der Waals surface area contributed by atoms with Gasteiger partial charge in [0, 0.05) is 21.7 Å². The van der Waals surface area contributed by atoms with E-state index in [2.05, 4.69) is 13.8 Å². The van der Waals surface area contributed by atoms with E-state index in [9.17, 15) is 0 Å². The van der Waals surface area contributed by atoms with Crippen LogP contribution >= 0.6 is 0 Å². The van der Waals surface area contributed by atoms with Crippen molar-refractivity contribution in [2.45, 2.75) is 53.4 Å². The Kier molecular flexibility index (Phi) is 38.4. The van der Waals surface area contributed by atoms with E-state index in [-0.39, 0.29) is 21.7 Å². The van der Waals surface area contributed by atoms with Gasteiger partial charge in [-0.25, -0.2) is 0 Å². The molecular formula is C9H21Ti-. The Bertz CT molecular complexity index is 23.9. The van der Waals surface area contributed by atoms with Crippen LogP contribution < -0.4 is 0 Å². The molecule has 0 radical (unpaired) electrons. The zero-order chi connectivity index (χ0) is 7.54. The molecule has 0 aliphatic carbocycles. The normalized spacial score (nSPS) is 7.20. The van der Waals surface area contributed by atoms with Gasteiger partial charge in [0.15, 0.2) is 0 Å². The van der Waals surface area contributed by atoms with Crippen molar-refractivity contribution in [2.75, 3.05) is 0 Å². The zero-order valence-electron chi connectivity index (χ0n) is 7.91. The van der Waals surface area contributed by atoms with E-state index in [1.54, 1.807) is 0 Å². The Hall–Kier alpha value is 0.714. The maximum absolute atomic E-state index is 2.23. The predicted octanol–water partition coefficient (Wildman–Crippen LogP) is 3.81. The summed E-state index contributed by atoms with van der Waals surface area (Å²) in [6, 6.07) is 0. The van der Waals surface area contributed by atoms with Crippen molar-refractivity contribution in [1.82, 2.24) is 0 Å². The molecule has 0 saturated carbocycles. The fraction of sp³-hybridized carbons (Fsp3) is 0.889. The summed E-state index contributed by atoms with van der Waals surface area (Å²) in [7, 11) is 0. The molecule has 0 aliphatic heterocycles. The minimum atomic E-state index is 0. The van der Waals surface area contributed by atoms with Crippen molar-refractivity contribution in [3.63, 3.8) is 0 Å². The van der Waals surface area contributed by atoms with Crippen LogP contribution in [-0.2, 0) is 21.7 Å². The first-order chi connectivity index (χ1) is 4.33. The molecule has 0 unspecified atom stereocenters. The van der Waals surface area contributed by atoms with Gasteiger partial charge in [0.1, 0.15) is 0 Å². The summed E-state index contributed by atoms with van der Waals surface area (Å²) in [5.41, 5.74) is 0. The Balaban J connectivity index is -0.000000107. The number of hydrogen-bond acceptors (Lipinski definition) is 0. The van der Waals surface area contributed by atoms with Crippen molar-refractivity contribution >= 4 is 0 Å². The predicted molar refractivity (Wildman–Crippen MR) is 45.5 cm³/mol. The molecule has 10 heavy (non-hydrogen) atoms. The minimum absolute atomic E-state index is 0. The molecule has 0 saturated heterocycles. The van der Waals surface area contributed by atoms with E-state index < -0.39 is 0 Å². The van der Waals surface area contributed by atoms with Crippen LogP contribution in [0.4, 0.5) is 0 Å². The smallest absolute Gasteiger partial charge is 0 e. The van der Waals surface area contributed by atoms with Gasteiger partial charge in [-0.2, -0.15) is 13.8 Å². The van der Waals surface area contributed by atoms with Crippen LogP contribution in [-0.4, -0.2) is 0 Å². The van der Waals surface area contributed by atoms with E-state index in [1.165, 1.54) is 25.7 Å². The maximum atomic E-state index is 2.23. The van der Waals surface area contributed by atoms with Crippen molar-refractivity contribution in [2.24, 2.45) is 0 Å². The largest absolute Gasteiger partial charge is 0.335 e. The van der Waals surface area contributed by atoms with Gasteiger partial charge in [-0.3, -0.25) is 0 Å². The molecule has 1 heteroatoms. The van der Waals surface area contributed by atoms with E-state index >= 15 is 0 Å².